The molecule has 3 aromatic rings. The minimum absolute atomic E-state index is 0.0298. The number of rotatable bonds is 14. The summed E-state index contributed by atoms with van der Waals surface area (Å²) < 4.78 is 40.0. The van der Waals surface area contributed by atoms with Gasteiger partial charge in [0.15, 0.2) is 0 Å². The SMILES string of the molecule is CCCNC(=O)[C@@H](C)N(Cc1cccc(OC)c1)C(=O)CN(c1ccccc1OCC)S(=O)(=O)c1ccccc1. The summed E-state index contributed by atoms with van der Waals surface area (Å²) in [6, 6.07) is 20.9. The highest BCUT2D eigenvalue weighted by Crippen LogP contribution is 2.33. The van der Waals surface area contributed by atoms with Gasteiger partial charge in [0.2, 0.25) is 11.8 Å². The van der Waals surface area contributed by atoms with Crippen LogP contribution in [0.25, 0.3) is 0 Å². The molecule has 214 valence electrons. The van der Waals surface area contributed by atoms with Crippen LogP contribution in [-0.4, -0.2) is 58.0 Å². The minimum Gasteiger partial charge on any atom is -0.497 e. The Bertz CT molecular complexity index is 1380. The Morgan fingerprint density at radius 3 is 2.33 bits per heavy atom. The molecule has 0 aliphatic heterocycles. The van der Waals surface area contributed by atoms with Crippen LogP contribution in [-0.2, 0) is 26.2 Å². The average molecular weight is 568 g/mol. The Balaban J connectivity index is 2.06. The van der Waals surface area contributed by atoms with Crippen LogP contribution in [0.15, 0.2) is 83.8 Å². The van der Waals surface area contributed by atoms with E-state index in [4.69, 9.17) is 9.47 Å². The summed E-state index contributed by atoms with van der Waals surface area (Å²) in [5.41, 5.74) is 0.959. The average Bonchev–Trinajstić information content (AvgIpc) is 2.98. The van der Waals surface area contributed by atoms with Crippen LogP contribution in [0.3, 0.4) is 0 Å². The zero-order chi connectivity index (χ0) is 29.1. The Hall–Kier alpha value is -4.05. The van der Waals surface area contributed by atoms with Crippen molar-refractivity contribution in [3.8, 4) is 11.5 Å². The van der Waals surface area contributed by atoms with Gasteiger partial charge in [-0.1, -0.05) is 49.4 Å². The molecule has 0 fully saturated rings. The van der Waals surface area contributed by atoms with Gasteiger partial charge in [0, 0.05) is 13.1 Å². The third-order valence-corrected chi connectivity index (χ3v) is 8.02. The van der Waals surface area contributed by atoms with Crippen molar-refractivity contribution >= 4 is 27.5 Å². The first-order chi connectivity index (χ1) is 19.2. The number of hydrogen-bond donors (Lipinski definition) is 1. The van der Waals surface area contributed by atoms with Crippen LogP contribution >= 0.6 is 0 Å². The molecule has 3 rings (SSSR count). The van der Waals surface area contributed by atoms with Crippen molar-refractivity contribution in [2.75, 3.05) is 31.1 Å². The first kappa shape index (κ1) is 30.5. The van der Waals surface area contributed by atoms with E-state index in [0.717, 1.165) is 16.3 Å². The molecule has 0 spiro atoms. The van der Waals surface area contributed by atoms with Gasteiger partial charge in [0.25, 0.3) is 10.0 Å². The van der Waals surface area contributed by atoms with Crippen molar-refractivity contribution in [2.45, 2.75) is 44.7 Å². The van der Waals surface area contributed by atoms with E-state index in [1.807, 2.05) is 13.0 Å². The number of ether oxygens (including phenoxy) is 2. The second-order valence-electron chi connectivity index (χ2n) is 9.07. The van der Waals surface area contributed by atoms with Gasteiger partial charge in [-0.05, 0) is 62.2 Å². The molecule has 0 heterocycles. The molecule has 0 aromatic heterocycles. The molecule has 3 aromatic carbocycles. The predicted octanol–water partition coefficient (Wildman–Crippen LogP) is 4.23. The van der Waals surface area contributed by atoms with Crippen molar-refractivity contribution in [3.63, 3.8) is 0 Å². The number of para-hydroxylation sites is 2. The number of anilines is 1. The van der Waals surface area contributed by atoms with Gasteiger partial charge in [-0.15, -0.1) is 0 Å². The van der Waals surface area contributed by atoms with E-state index in [0.29, 0.717) is 24.7 Å². The Morgan fingerprint density at radius 1 is 0.950 bits per heavy atom. The maximum Gasteiger partial charge on any atom is 0.264 e. The lowest BCUT2D eigenvalue weighted by Crippen LogP contribution is -2.51. The van der Waals surface area contributed by atoms with Gasteiger partial charge in [-0.25, -0.2) is 8.42 Å². The number of carbonyl (C=O) groups is 2. The van der Waals surface area contributed by atoms with Crippen molar-refractivity contribution in [1.82, 2.24) is 10.2 Å². The number of methoxy groups -OCH3 is 1. The molecule has 0 bridgehead atoms. The fourth-order valence-corrected chi connectivity index (χ4v) is 5.57. The van der Waals surface area contributed by atoms with Gasteiger partial charge in [0.1, 0.15) is 24.1 Å². The first-order valence-corrected chi connectivity index (χ1v) is 14.7. The summed E-state index contributed by atoms with van der Waals surface area (Å²) in [5, 5.41) is 2.83. The summed E-state index contributed by atoms with van der Waals surface area (Å²) >= 11 is 0. The van der Waals surface area contributed by atoms with Crippen LogP contribution in [0, 0.1) is 0 Å². The molecule has 1 atom stereocenters. The van der Waals surface area contributed by atoms with Crippen molar-refractivity contribution in [1.29, 1.82) is 0 Å². The number of benzene rings is 3. The molecule has 0 saturated carbocycles. The van der Waals surface area contributed by atoms with Crippen molar-refractivity contribution < 1.29 is 27.5 Å². The Morgan fingerprint density at radius 2 is 1.65 bits per heavy atom. The summed E-state index contributed by atoms with van der Waals surface area (Å²) in [6.07, 6.45) is 0.736. The van der Waals surface area contributed by atoms with Gasteiger partial charge >= 0.3 is 0 Å². The summed E-state index contributed by atoms with van der Waals surface area (Å²) in [5.74, 6) is 0.0513. The smallest absolute Gasteiger partial charge is 0.264 e. The highest BCUT2D eigenvalue weighted by molar-refractivity contribution is 7.92. The van der Waals surface area contributed by atoms with E-state index >= 15 is 0 Å². The van der Waals surface area contributed by atoms with E-state index in [2.05, 4.69) is 5.32 Å². The molecule has 10 heteroatoms. The quantitative estimate of drug-likeness (QED) is 0.313. The second kappa shape index (κ2) is 14.4. The lowest BCUT2D eigenvalue weighted by atomic mass is 10.1. The molecule has 0 radical (unpaired) electrons. The lowest BCUT2D eigenvalue weighted by molar-refractivity contribution is -0.139. The molecule has 2 amide bonds. The number of amides is 2. The van der Waals surface area contributed by atoms with Crippen LogP contribution in [0.4, 0.5) is 5.69 Å². The first-order valence-electron chi connectivity index (χ1n) is 13.2. The number of sulfonamides is 1. The minimum atomic E-state index is -4.18. The van der Waals surface area contributed by atoms with Gasteiger partial charge < -0.3 is 19.7 Å². The number of nitrogens with one attached hydrogen (secondary N) is 1. The number of carbonyl (C=O) groups excluding carboxylic acids is 2. The van der Waals surface area contributed by atoms with Gasteiger partial charge in [0.05, 0.1) is 24.3 Å². The summed E-state index contributed by atoms with van der Waals surface area (Å²) in [7, 11) is -2.64. The molecular weight excluding hydrogens is 530 g/mol. The van der Waals surface area contributed by atoms with Crippen LogP contribution in [0.2, 0.25) is 0 Å². The van der Waals surface area contributed by atoms with E-state index in [1.54, 1.807) is 81.6 Å². The standard InChI is InChI=1S/C30H37N3O6S/c1-5-19-31-30(35)23(3)32(21-24-13-12-14-25(20-24)38-4)29(34)22-33(27-17-10-11-18-28(27)39-6-2)40(36,37)26-15-8-7-9-16-26/h7-18,20,23H,5-6,19,21-22H2,1-4H3,(H,31,35)/t23-/m1/s1. The van der Waals surface area contributed by atoms with E-state index in [9.17, 15) is 18.0 Å². The fourth-order valence-electron chi connectivity index (χ4n) is 4.12. The Kier molecular flexibility index (Phi) is 11.0. The van der Waals surface area contributed by atoms with Crippen LogP contribution in [0.5, 0.6) is 11.5 Å². The summed E-state index contributed by atoms with van der Waals surface area (Å²) in [4.78, 5) is 28.4. The molecule has 9 nitrogen and oxygen atoms in total. The highest BCUT2D eigenvalue weighted by atomic mass is 32.2. The molecule has 1 N–H and O–H groups in total. The monoisotopic (exact) mass is 567 g/mol. The zero-order valence-electron chi connectivity index (χ0n) is 23.4. The lowest BCUT2D eigenvalue weighted by Gasteiger charge is -2.32. The van der Waals surface area contributed by atoms with E-state index in [1.165, 1.54) is 17.0 Å². The van der Waals surface area contributed by atoms with Crippen molar-refractivity contribution in [2.24, 2.45) is 0 Å². The topological polar surface area (TPSA) is 105 Å². The third kappa shape index (κ3) is 7.53. The van der Waals surface area contributed by atoms with E-state index in [-0.39, 0.29) is 23.0 Å². The highest BCUT2D eigenvalue weighted by Gasteiger charge is 2.33. The molecule has 0 unspecified atom stereocenters. The molecule has 0 aliphatic carbocycles. The van der Waals surface area contributed by atoms with Gasteiger partial charge in [-0.2, -0.15) is 0 Å². The number of hydrogen-bond acceptors (Lipinski definition) is 6. The predicted molar refractivity (Wildman–Crippen MR) is 155 cm³/mol. The zero-order valence-corrected chi connectivity index (χ0v) is 24.2. The normalized spacial score (nSPS) is 11.8. The fraction of sp³-hybridized carbons (Fsp3) is 0.333. The largest absolute Gasteiger partial charge is 0.497 e. The maximum absolute atomic E-state index is 14.0. The third-order valence-electron chi connectivity index (χ3n) is 6.25. The van der Waals surface area contributed by atoms with E-state index < -0.39 is 28.5 Å². The van der Waals surface area contributed by atoms with Crippen molar-refractivity contribution in [3.05, 3.63) is 84.4 Å². The molecule has 40 heavy (non-hydrogen) atoms. The second-order valence-corrected chi connectivity index (χ2v) is 10.9. The molecular formula is C30H37N3O6S. The summed E-state index contributed by atoms with van der Waals surface area (Å²) in [6.45, 7) is 5.66. The molecule has 0 aliphatic rings. The Labute approximate surface area is 236 Å². The van der Waals surface area contributed by atoms with Crippen LogP contribution < -0.4 is 19.1 Å². The molecule has 0 saturated heterocycles. The maximum atomic E-state index is 14.0. The van der Waals surface area contributed by atoms with Gasteiger partial charge in [-0.3, -0.25) is 13.9 Å². The number of nitrogens with zero attached hydrogens (tertiary/aromatic N) is 2. The van der Waals surface area contributed by atoms with Crippen LogP contribution in [0.1, 0.15) is 32.8 Å².